The van der Waals surface area contributed by atoms with Crippen molar-refractivity contribution in [1.29, 1.82) is 0 Å². The van der Waals surface area contributed by atoms with E-state index in [2.05, 4.69) is 5.32 Å². The summed E-state index contributed by atoms with van der Waals surface area (Å²) in [4.78, 5) is 38.1. The van der Waals surface area contributed by atoms with Gasteiger partial charge in [-0.15, -0.1) is 0 Å². The van der Waals surface area contributed by atoms with Gasteiger partial charge in [-0.25, -0.2) is 4.39 Å². The normalized spacial score (nSPS) is 25.2. The third-order valence-electron chi connectivity index (χ3n) is 5.15. The molecule has 2 amide bonds. The number of piperidine rings is 1. The molecule has 0 saturated carbocycles. The van der Waals surface area contributed by atoms with Crippen molar-refractivity contribution < 1.29 is 28.6 Å². The number of hydrogen-bond acceptors (Lipinski definition) is 4. The Morgan fingerprint density at radius 3 is 2.67 bits per heavy atom. The molecule has 2 N–H and O–H groups in total. The smallest absolute Gasteiger partial charge is 0.305 e. The van der Waals surface area contributed by atoms with Crippen molar-refractivity contribution >= 4 is 17.8 Å². The minimum Gasteiger partial charge on any atom is -0.481 e. The highest BCUT2D eigenvalue weighted by atomic mass is 19.1. The second-order valence-electron chi connectivity index (χ2n) is 7.24. The van der Waals surface area contributed by atoms with Crippen LogP contribution in [0.15, 0.2) is 24.3 Å². The maximum absolute atomic E-state index is 13.1. The van der Waals surface area contributed by atoms with Gasteiger partial charge in [0.1, 0.15) is 5.82 Å². The highest BCUT2D eigenvalue weighted by Crippen LogP contribution is 2.25. The van der Waals surface area contributed by atoms with E-state index in [9.17, 15) is 18.8 Å². The molecule has 2 fully saturated rings. The molecule has 0 radical (unpaired) electrons. The Hall–Kier alpha value is -2.48. The number of rotatable bonds is 5. The Labute approximate surface area is 156 Å². The molecule has 0 spiro atoms. The Balaban J connectivity index is 1.64. The van der Waals surface area contributed by atoms with Gasteiger partial charge in [0.2, 0.25) is 5.91 Å². The summed E-state index contributed by atoms with van der Waals surface area (Å²) in [6.07, 6.45) is 1.57. The first-order valence-electron chi connectivity index (χ1n) is 9.05. The number of benzene rings is 1. The number of carbonyl (C=O) groups excluding carboxylic acids is 2. The van der Waals surface area contributed by atoms with Crippen LogP contribution in [0.5, 0.6) is 0 Å². The van der Waals surface area contributed by atoms with Crippen LogP contribution in [0.4, 0.5) is 4.39 Å². The predicted octanol–water partition coefficient (Wildman–Crippen LogP) is 1.43. The van der Waals surface area contributed by atoms with Gasteiger partial charge in [0, 0.05) is 25.3 Å². The van der Waals surface area contributed by atoms with Gasteiger partial charge < -0.3 is 20.1 Å². The lowest BCUT2D eigenvalue weighted by molar-refractivity contribution is -0.139. The van der Waals surface area contributed by atoms with Gasteiger partial charge in [-0.05, 0) is 43.5 Å². The standard InChI is InChI=1S/C19H23FN2O5/c20-15-5-3-13(4-6-15)18(26)22-8-1-2-14(11-22)17(25)21-19(10-16(23)24)7-9-27-12-19/h3-6,14H,1-2,7-12H2,(H,21,25)(H,23,24). The van der Waals surface area contributed by atoms with Gasteiger partial charge in [0.15, 0.2) is 0 Å². The zero-order chi connectivity index (χ0) is 19.4. The number of carboxylic acid groups (broad SMARTS) is 1. The van der Waals surface area contributed by atoms with Crippen molar-refractivity contribution in [3.8, 4) is 0 Å². The lowest BCUT2D eigenvalue weighted by Crippen LogP contribution is -2.54. The van der Waals surface area contributed by atoms with Crippen molar-refractivity contribution in [2.45, 2.75) is 31.2 Å². The van der Waals surface area contributed by atoms with Crippen LogP contribution in [0.3, 0.4) is 0 Å². The van der Waals surface area contributed by atoms with Crippen LogP contribution in [0.1, 0.15) is 36.0 Å². The molecular weight excluding hydrogens is 355 g/mol. The highest BCUT2D eigenvalue weighted by molar-refractivity contribution is 5.94. The second kappa shape index (κ2) is 8.04. The fourth-order valence-electron chi connectivity index (χ4n) is 3.69. The second-order valence-corrected chi connectivity index (χ2v) is 7.24. The van der Waals surface area contributed by atoms with Gasteiger partial charge in [0.05, 0.1) is 24.5 Å². The van der Waals surface area contributed by atoms with Gasteiger partial charge >= 0.3 is 5.97 Å². The monoisotopic (exact) mass is 378 g/mol. The number of aliphatic carboxylic acids is 1. The van der Waals surface area contributed by atoms with Crippen molar-refractivity contribution in [3.05, 3.63) is 35.6 Å². The van der Waals surface area contributed by atoms with E-state index in [1.165, 1.54) is 24.3 Å². The third-order valence-corrected chi connectivity index (χ3v) is 5.15. The Morgan fingerprint density at radius 2 is 2.04 bits per heavy atom. The lowest BCUT2D eigenvalue weighted by Gasteiger charge is -2.35. The third kappa shape index (κ3) is 4.63. The van der Waals surface area contributed by atoms with E-state index < -0.39 is 23.2 Å². The fourth-order valence-corrected chi connectivity index (χ4v) is 3.69. The van der Waals surface area contributed by atoms with Crippen molar-refractivity contribution in [1.82, 2.24) is 10.2 Å². The molecule has 0 aliphatic carbocycles. The number of halogens is 1. The molecule has 8 heteroatoms. The van der Waals surface area contributed by atoms with Crippen LogP contribution in [0.2, 0.25) is 0 Å². The zero-order valence-electron chi connectivity index (χ0n) is 14.9. The summed E-state index contributed by atoms with van der Waals surface area (Å²) in [5, 5.41) is 12.0. The summed E-state index contributed by atoms with van der Waals surface area (Å²) in [5.41, 5.74) is -0.504. The predicted molar refractivity (Wildman–Crippen MR) is 93.6 cm³/mol. The van der Waals surface area contributed by atoms with E-state index in [-0.39, 0.29) is 31.4 Å². The molecule has 2 unspecified atom stereocenters. The van der Waals surface area contributed by atoms with Crippen LogP contribution in [-0.2, 0) is 14.3 Å². The van der Waals surface area contributed by atoms with Crippen molar-refractivity contribution in [2.75, 3.05) is 26.3 Å². The first kappa shape index (κ1) is 19.3. The number of ether oxygens (including phenoxy) is 1. The highest BCUT2D eigenvalue weighted by Gasteiger charge is 2.40. The van der Waals surface area contributed by atoms with E-state index >= 15 is 0 Å². The lowest BCUT2D eigenvalue weighted by atomic mass is 9.91. The number of carboxylic acids is 1. The van der Waals surface area contributed by atoms with Crippen molar-refractivity contribution in [2.24, 2.45) is 5.92 Å². The minimum absolute atomic E-state index is 0.177. The maximum atomic E-state index is 13.1. The van der Waals surface area contributed by atoms with Crippen LogP contribution < -0.4 is 5.32 Å². The zero-order valence-corrected chi connectivity index (χ0v) is 14.9. The largest absolute Gasteiger partial charge is 0.481 e. The molecule has 0 aromatic heterocycles. The number of likely N-dealkylation sites (tertiary alicyclic amines) is 1. The van der Waals surface area contributed by atoms with E-state index in [1.54, 1.807) is 4.90 Å². The summed E-state index contributed by atoms with van der Waals surface area (Å²) >= 11 is 0. The molecule has 2 saturated heterocycles. The number of carbonyl (C=O) groups is 3. The summed E-state index contributed by atoms with van der Waals surface area (Å²) in [7, 11) is 0. The topological polar surface area (TPSA) is 95.9 Å². The summed E-state index contributed by atoms with van der Waals surface area (Å²) < 4.78 is 18.4. The molecule has 2 aliphatic rings. The van der Waals surface area contributed by atoms with Crippen molar-refractivity contribution in [3.63, 3.8) is 0 Å². The Morgan fingerprint density at radius 1 is 1.30 bits per heavy atom. The van der Waals surface area contributed by atoms with Gasteiger partial charge in [0.25, 0.3) is 5.91 Å². The average Bonchev–Trinajstić information content (AvgIpc) is 3.09. The molecule has 3 rings (SSSR count). The number of nitrogens with one attached hydrogen (secondary N) is 1. The fraction of sp³-hybridized carbons (Fsp3) is 0.526. The van der Waals surface area contributed by atoms with E-state index in [0.29, 0.717) is 38.0 Å². The SMILES string of the molecule is O=C(O)CC1(NC(=O)C2CCCN(C(=O)c3ccc(F)cc3)C2)CCOC1. The summed E-state index contributed by atoms with van der Waals surface area (Å²) in [6, 6.07) is 5.33. The van der Waals surface area contributed by atoms with Gasteiger partial charge in [-0.1, -0.05) is 0 Å². The summed E-state index contributed by atoms with van der Waals surface area (Å²) in [5.74, 6) is -2.30. The van der Waals surface area contributed by atoms with Crippen LogP contribution in [0, 0.1) is 11.7 Å². The van der Waals surface area contributed by atoms with Crippen LogP contribution in [0.25, 0.3) is 0 Å². The molecule has 2 heterocycles. The molecule has 7 nitrogen and oxygen atoms in total. The Kier molecular flexibility index (Phi) is 5.74. The number of hydrogen-bond donors (Lipinski definition) is 2. The molecular formula is C19H23FN2O5. The molecule has 1 aromatic carbocycles. The number of nitrogens with zero attached hydrogens (tertiary/aromatic N) is 1. The first-order valence-corrected chi connectivity index (χ1v) is 9.05. The van der Waals surface area contributed by atoms with Crippen LogP contribution >= 0.6 is 0 Å². The van der Waals surface area contributed by atoms with E-state index in [4.69, 9.17) is 9.84 Å². The van der Waals surface area contributed by atoms with Gasteiger partial charge in [-0.2, -0.15) is 0 Å². The van der Waals surface area contributed by atoms with Crippen LogP contribution in [-0.4, -0.2) is 59.6 Å². The van der Waals surface area contributed by atoms with Gasteiger partial charge in [-0.3, -0.25) is 14.4 Å². The first-order chi connectivity index (χ1) is 12.9. The molecule has 146 valence electrons. The number of amides is 2. The Bertz CT molecular complexity index is 715. The molecule has 0 bridgehead atoms. The minimum atomic E-state index is -0.988. The van der Waals surface area contributed by atoms with E-state index in [0.717, 1.165) is 0 Å². The summed E-state index contributed by atoms with van der Waals surface area (Å²) in [6.45, 7) is 1.37. The van der Waals surface area contributed by atoms with E-state index in [1.807, 2.05) is 0 Å². The molecule has 1 aromatic rings. The quantitative estimate of drug-likeness (QED) is 0.808. The maximum Gasteiger partial charge on any atom is 0.305 e. The molecule has 27 heavy (non-hydrogen) atoms. The molecule has 2 atom stereocenters. The average molecular weight is 378 g/mol. The molecule has 2 aliphatic heterocycles.